The molecule has 2 fully saturated rings. The number of nitrogens with one attached hydrogen (secondary N) is 1. The molecule has 0 amide bonds. The summed E-state index contributed by atoms with van der Waals surface area (Å²) in [4.78, 5) is 17.0. The molecule has 2 aromatic rings. The van der Waals surface area contributed by atoms with Gasteiger partial charge in [0.05, 0.1) is 28.0 Å². The maximum atomic E-state index is 12.9. The minimum absolute atomic E-state index is 0.0970. The number of carbonyl (C=O) groups is 1. The van der Waals surface area contributed by atoms with Crippen molar-refractivity contribution in [3.8, 4) is 5.75 Å². The number of Topliss-reactive ketones (excluding diaryl/α,β-unsaturated/α-hetero) is 1. The van der Waals surface area contributed by atoms with Gasteiger partial charge in [0.15, 0.2) is 5.13 Å². The number of ketones is 1. The Hall–Kier alpha value is -1.67. The van der Waals surface area contributed by atoms with Gasteiger partial charge in [-0.15, -0.1) is 0 Å². The van der Waals surface area contributed by atoms with Gasteiger partial charge in [-0.1, -0.05) is 25.2 Å². The van der Waals surface area contributed by atoms with Crippen LogP contribution in [-0.4, -0.2) is 31.5 Å². The number of ether oxygens (including phenoxy) is 1. The number of hydrogen-bond acceptors (Lipinski definition) is 6. The highest BCUT2D eigenvalue weighted by Crippen LogP contribution is 2.64. The largest absolute Gasteiger partial charge is 0.494 e. The van der Waals surface area contributed by atoms with Gasteiger partial charge in [-0.25, -0.2) is 13.4 Å². The lowest BCUT2D eigenvalue weighted by Gasteiger charge is -2.35. The SMILES string of the molecule is CCOc1ccc2nc(NS(=O)(=O)C[C@@]34CC[C@H](CC3=O)C4(C)C)sc2c1. The van der Waals surface area contributed by atoms with E-state index < -0.39 is 15.4 Å². The molecule has 146 valence electrons. The molecule has 0 unspecified atom stereocenters. The predicted octanol–water partition coefficient (Wildman–Crippen LogP) is 3.83. The Morgan fingerprint density at radius 1 is 1.37 bits per heavy atom. The molecule has 0 aliphatic heterocycles. The summed E-state index contributed by atoms with van der Waals surface area (Å²) in [6.45, 7) is 6.56. The van der Waals surface area contributed by atoms with E-state index in [4.69, 9.17) is 4.74 Å². The van der Waals surface area contributed by atoms with Gasteiger partial charge in [-0.3, -0.25) is 9.52 Å². The molecule has 0 spiro atoms. The summed E-state index contributed by atoms with van der Waals surface area (Å²) in [5.74, 6) is 0.958. The zero-order valence-corrected chi connectivity index (χ0v) is 17.4. The van der Waals surface area contributed by atoms with Gasteiger partial charge in [0.2, 0.25) is 10.0 Å². The van der Waals surface area contributed by atoms with E-state index >= 15 is 0 Å². The lowest BCUT2D eigenvalue weighted by molar-refractivity contribution is -0.128. The molecule has 0 saturated heterocycles. The maximum Gasteiger partial charge on any atom is 0.235 e. The lowest BCUT2D eigenvalue weighted by Crippen LogP contribution is -2.43. The second-order valence-corrected chi connectivity index (χ2v) is 10.9. The first kappa shape index (κ1) is 18.7. The van der Waals surface area contributed by atoms with Crippen molar-refractivity contribution in [1.29, 1.82) is 0 Å². The fourth-order valence-electron chi connectivity index (χ4n) is 4.81. The summed E-state index contributed by atoms with van der Waals surface area (Å²) in [6.07, 6.45) is 2.08. The van der Waals surface area contributed by atoms with Crippen molar-refractivity contribution >= 4 is 42.5 Å². The van der Waals surface area contributed by atoms with Crippen molar-refractivity contribution in [1.82, 2.24) is 4.98 Å². The molecular weight excluding hydrogens is 384 g/mol. The van der Waals surface area contributed by atoms with Crippen molar-refractivity contribution < 1.29 is 17.9 Å². The van der Waals surface area contributed by atoms with Crippen molar-refractivity contribution in [3.05, 3.63) is 18.2 Å². The zero-order valence-electron chi connectivity index (χ0n) is 15.7. The highest BCUT2D eigenvalue weighted by Gasteiger charge is 2.65. The van der Waals surface area contributed by atoms with Crippen molar-refractivity contribution in [2.45, 2.75) is 40.0 Å². The van der Waals surface area contributed by atoms with Gasteiger partial charge >= 0.3 is 0 Å². The van der Waals surface area contributed by atoms with E-state index in [1.807, 2.05) is 39.0 Å². The van der Waals surface area contributed by atoms with E-state index in [0.29, 0.717) is 30.5 Å². The molecule has 4 rings (SSSR count). The van der Waals surface area contributed by atoms with Gasteiger partial charge < -0.3 is 4.74 Å². The quantitative estimate of drug-likeness (QED) is 0.785. The number of fused-ring (bicyclic) bond motifs is 3. The number of thiazole rings is 1. The number of aromatic nitrogens is 1. The topological polar surface area (TPSA) is 85.4 Å². The molecule has 6 nitrogen and oxygen atoms in total. The number of rotatable bonds is 6. The van der Waals surface area contributed by atoms with Crippen LogP contribution in [0.5, 0.6) is 5.75 Å². The second kappa shape index (κ2) is 6.17. The number of benzene rings is 1. The molecular formula is C19H24N2O4S2. The lowest BCUT2D eigenvalue weighted by atomic mass is 9.70. The molecule has 1 aromatic carbocycles. The molecule has 1 heterocycles. The summed E-state index contributed by atoms with van der Waals surface area (Å²) in [5.41, 5.74) is -0.335. The second-order valence-electron chi connectivity index (χ2n) is 8.11. The van der Waals surface area contributed by atoms with E-state index in [0.717, 1.165) is 22.4 Å². The van der Waals surface area contributed by atoms with Crippen LogP contribution in [0, 0.1) is 16.7 Å². The van der Waals surface area contributed by atoms with Gasteiger partial charge in [0.1, 0.15) is 11.5 Å². The third-order valence-corrected chi connectivity index (χ3v) is 8.93. The number of sulfonamides is 1. The first-order valence-electron chi connectivity index (χ1n) is 9.24. The van der Waals surface area contributed by atoms with Crippen LogP contribution < -0.4 is 9.46 Å². The summed E-state index contributed by atoms with van der Waals surface area (Å²) in [6, 6.07) is 5.50. The molecule has 2 aliphatic carbocycles. The molecule has 2 aliphatic rings. The van der Waals surface area contributed by atoms with Gasteiger partial charge in [-0.05, 0) is 49.3 Å². The van der Waals surface area contributed by atoms with Crippen LogP contribution in [0.4, 0.5) is 5.13 Å². The third-order valence-electron chi connectivity index (χ3n) is 6.49. The Morgan fingerprint density at radius 2 is 2.15 bits per heavy atom. The van der Waals surface area contributed by atoms with Gasteiger partial charge in [0.25, 0.3) is 0 Å². The summed E-state index contributed by atoms with van der Waals surface area (Å²) >= 11 is 1.27. The van der Waals surface area contributed by atoms with E-state index in [9.17, 15) is 13.2 Å². The Labute approximate surface area is 163 Å². The Morgan fingerprint density at radius 3 is 2.78 bits per heavy atom. The first-order chi connectivity index (χ1) is 12.7. The standard InChI is InChI=1S/C19H24N2O4S2/c1-4-25-13-5-6-14-15(10-13)26-17(20-14)21-27(23,24)11-19-8-7-12(9-16(19)22)18(19,2)3/h5-6,10,12H,4,7-9,11H2,1-3H3,(H,20,21)/t12-,19+/m1/s1. The van der Waals surface area contributed by atoms with E-state index in [-0.39, 0.29) is 17.0 Å². The van der Waals surface area contributed by atoms with Crippen molar-refractivity contribution in [3.63, 3.8) is 0 Å². The summed E-state index contributed by atoms with van der Waals surface area (Å²) < 4.78 is 34.7. The number of anilines is 1. The molecule has 8 heteroatoms. The van der Waals surface area contributed by atoms with Crippen LogP contribution in [0.2, 0.25) is 0 Å². The molecule has 27 heavy (non-hydrogen) atoms. The van der Waals surface area contributed by atoms with Crippen LogP contribution in [-0.2, 0) is 14.8 Å². The fraction of sp³-hybridized carbons (Fsp3) is 0.579. The Kier molecular flexibility index (Phi) is 4.27. The maximum absolute atomic E-state index is 12.9. The Balaban J connectivity index is 1.58. The average Bonchev–Trinajstić information content (AvgIpc) is 3.12. The van der Waals surface area contributed by atoms with Crippen molar-refractivity contribution in [2.24, 2.45) is 16.7 Å². The molecule has 0 radical (unpaired) electrons. The van der Waals surface area contributed by atoms with Crippen LogP contribution in [0.15, 0.2) is 18.2 Å². The molecule has 2 bridgehead atoms. The number of carbonyl (C=O) groups excluding carboxylic acids is 1. The summed E-state index contributed by atoms with van der Waals surface area (Å²) in [5, 5.41) is 0.327. The van der Waals surface area contributed by atoms with Crippen LogP contribution >= 0.6 is 11.3 Å². The highest BCUT2D eigenvalue weighted by atomic mass is 32.2. The minimum Gasteiger partial charge on any atom is -0.494 e. The smallest absolute Gasteiger partial charge is 0.235 e. The van der Waals surface area contributed by atoms with E-state index in [2.05, 4.69) is 9.71 Å². The number of nitrogens with zero attached hydrogens (tertiary/aromatic N) is 1. The van der Waals surface area contributed by atoms with Gasteiger partial charge in [0, 0.05) is 6.42 Å². The third kappa shape index (κ3) is 2.93. The predicted molar refractivity (Wildman–Crippen MR) is 107 cm³/mol. The molecule has 2 saturated carbocycles. The minimum atomic E-state index is -3.69. The van der Waals surface area contributed by atoms with Crippen LogP contribution in [0.1, 0.15) is 40.0 Å². The van der Waals surface area contributed by atoms with E-state index in [1.165, 1.54) is 11.3 Å². The highest BCUT2D eigenvalue weighted by molar-refractivity contribution is 7.93. The molecule has 1 aromatic heterocycles. The average molecular weight is 409 g/mol. The molecule has 2 atom stereocenters. The number of hydrogen-bond donors (Lipinski definition) is 1. The van der Waals surface area contributed by atoms with Gasteiger partial charge in [-0.2, -0.15) is 0 Å². The van der Waals surface area contributed by atoms with E-state index in [1.54, 1.807) is 0 Å². The fourth-order valence-corrected chi connectivity index (χ4v) is 7.81. The van der Waals surface area contributed by atoms with Crippen LogP contribution in [0.3, 0.4) is 0 Å². The Bertz CT molecular complexity index is 1010. The monoisotopic (exact) mass is 408 g/mol. The zero-order chi connectivity index (χ0) is 19.4. The molecule has 1 N–H and O–H groups in total. The van der Waals surface area contributed by atoms with Crippen molar-refractivity contribution in [2.75, 3.05) is 17.1 Å². The summed E-state index contributed by atoms with van der Waals surface area (Å²) in [7, 11) is -3.69. The first-order valence-corrected chi connectivity index (χ1v) is 11.7. The van der Waals surface area contributed by atoms with Crippen LogP contribution in [0.25, 0.3) is 10.2 Å². The normalized spacial score (nSPS) is 26.6.